The Morgan fingerprint density at radius 1 is 1.53 bits per heavy atom. The molecule has 0 bridgehead atoms. The first-order valence-corrected chi connectivity index (χ1v) is 4.45. The maximum atomic E-state index is 11.4. The van der Waals surface area contributed by atoms with Gasteiger partial charge in [-0.15, -0.1) is 10.2 Å². The summed E-state index contributed by atoms with van der Waals surface area (Å²) >= 11 is 0. The highest BCUT2D eigenvalue weighted by atomic mass is 16.4. The number of hydrogen-bond donors (Lipinski definition) is 3. The average Bonchev–Trinajstić information content (AvgIpc) is 2.87. The number of carbonyl (C=O) groups is 2. The minimum absolute atomic E-state index is 0.0263. The van der Waals surface area contributed by atoms with Crippen LogP contribution in [0.2, 0.25) is 0 Å². The Morgan fingerprint density at radius 2 is 2.27 bits per heavy atom. The van der Waals surface area contributed by atoms with E-state index in [0.29, 0.717) is 0 Å². The van der Waals surface area contributed by atoms with Crippen molar-refractivity contribution in [3.63, 3.8) is 0 Å². The van der Waals surface area contributed by atoms with E-state index in [2.05, 4.69) is 25.9 Å². The minimum atomic E-state index is -1.03. The van der Waals surface area contributed by atoms with Crippen LogP contribution in [0.25, 0.3) is 0 Å². The third kappa shape index (κ3) is 2.09. The van der Waals surface area contributed by atoms with Crippen molar-refractivity contribution >= 4 is 11.9 Å². The summed E-state index contributed by atoms with van der Waals surface area (Å²) in [5.74, 6) is -1.78. The van der Waals surface area contributed by atoms with Gasteiger partial charge in [0.2, 0.25) is 0 Å². The quantitative estimate of drug-likeness (QED) is 0.574. The van der Waals surface area contributed by atoms with Gasteiger partial charge in [0.25, 0.3) is 11.7 Å². The van der Waals surface area contributed by atoms with E-state index in [1.807, 2.05) is 0 Å². The molecule has 8 nitrogen and oxygen atoms in total. The van der Waals surface area contributed by atoms with E-state index in [9.17, 15) is 9.59 Å². The first-order chi connectivity index (χ1) is 7.18. The fourth-order valence-electron chi connectivity index (χ4n) is 1.27. The Hall–Kier alpha value is -1.99. The van der Waals surface area contributed by atoms with E-state index in [4.69, 9.17) is 5.11 Å². The summed E-state index contributed by atoms with van der Waals surface area (Å²) in [5, 5.41) is 23.5. The lowest BCUT2D eigenvalue weighted by Crippen LogP contribution is -2.42. The smallest absolute Gasteiger partial charge is 0.326 e. The maximum absolute atomic E-state index is 11.4. The molecule has 0 radical (unpaired) electrons. The number of H-pyrrole nitrogens is 1. The normalized spacial score (nSPS) is 17.1. The highest BCUT2D eigenvalue weighted by molar-refractivity contribution is 5.93. The number of carbonyl (C=O) groups excluding carboxylic acids is 1. The standard InChI is InChI=1S/C7H9N5O3/c13-6(5-9-11-12-10-5)8-4(7(14)15)3-1-2-3/h3-4H,1-2H2,(H,8,13)(H,14,15)(H,9,10,11,12). The summed E-state index contributed by atoms with van der Waals surface area (Å²) in [6.45, 7) is 0. The third-order valence-corrected chi connectivity index (χ3v) is 2.19. The number of rotatable bonds is 4. The number of carboxylic acids is 1. The molecule has 1 aliphatic rings. The van der Waals surface area contributed by atoms with Crippen LogP contribution < -0.4 is 5.32 Å². The molecule has 1 fully saturated rings. The molecule has 1 heterocycles. The number of nitrogens with one attached hydrogen (secondary N) is 2. The fraction of sp³-hybridized carbons (Fsp3) is 0.571. The molecule has 1 aromatic rings. The summed E-state index contributed by atoms with van der Waals surface area (Å²) < 4.78 is 0. The Kier molecular flexibility index (Phi) is 2.32. The molecule has 1 aliphatic carbocycles. The van der Waals surface area contributed by atoms with Gasteiger partial charge in [-0.2, -0.15) is 5.21 Å². The van der Waals surface area contributed by atoms with Gasteiger partial charge in [0.05, 0.1) is 0 Å². The van der Waals surface area contributed by atoms with E-state index in [-0.39, 0.29) is 11.7 Å². The van der Waals surface area contributed by atoms with E-state index < -0.39 is 17.9 Å². The van der Waals surface area contributed by atoms with Gasteiger partial charge in [-0.1, -0.05) is 0 Å². The number of hydrogen-bond acceptors (Lipinski definition) is 5. The molecular weight excluding hydrogens is 202 g/mol. The Bertz CT molecular complexity index is 372. The van der Waals surface area contributed by atoms with Crippen molar-refractivity contribution in [3.05, 3.63) is 5.82 Å². The Labute approximate surface area is 84.1 Å². The first kappa shape index (κ1) is 9.56. The zero-order valence-electron chi connectivity index (χ0n) is 7.67. The Balaban J connectivity index is 2.00. The zero-order chi connectivity index (χ0) is 10.8. The van der Waals surface area contributed by atoms with Crippen LogP contribution in [0.4, 0.5) is 0 Å². The molecule has 0 saturated heterocycles. The van der Waals surface area contributed by atoms with Crippen molar-refractivity contribution in [3.8, 4) is 0 Å². The van der Waals surface area contributed by atoms with Gasteiger partial charge in [0.15, 0.2) is 0 Å². The van der Waals surface area contributed by atoms with Gasteiger partial charge in [-0.25, -0.2) is 4.79 Å². The predicted octanol–water partition coefficient (Wildman–Crippen LogP) is -1.21. The summed E-state index contributed by atoms with van der Waals surface area (Å²) in [4.78, 5) is 22.2. The van der Waals surface area contributed by atoms with E-state index in [1.54, 1.807) is 0 Å². The van der Waals surface area contributed by atoms with Crippen LogP contribution in [0, 0.1) is 5.92 Å². The first-order valence-electron chi connectivity index (χ1n) is 4.45. The highest BCUT2D eigenvalue weighted by Crippen LogP contribution is 2.32. The predicted molar refractivity (Wildman–Crippen MR) is 45.8 cm³/mol. The number of nitrogens with zero attached hydrogens (tertiary/aromatic N) is 3. The van der Waals surface area contributed by atoms with Crippen molar-refractivity contribution in [1.29, 1.82) is 0 Å². The molecule has 15 heavy (non-hydrogen) atoms. The topological polar surface area (TPSA) is 121 Å². The molecule has 1 saturated carbocycles. The number of aromatic amines is 1. The Morgan fingerprint density at radius 3 is 2.73 bits per heavy atom. The van der Waals surface area contributed by atoms with Crippen molar-refractivity contribution in [2.24, 2.45) is 5.92 Å². The van der Waals surface area contributed by atoms with Crippen LogP contribution in [0.5, 0.6) is 0 Å². The molecular formula is C7H9N5O3. The SMILES string of the molecule is O=C(NC(C(=O)O)C1CC1)c1nn[nH]n1. The third-order valence-electron chi connectivity index (χ3n) is 2.19. The van der Waals surface area contributed by atoms with Crippen molar-refractivity contribution in [2.45, 2.75) is 18.9 Å². The van der Waals surface area contributed by atoms with Crippen LogP contribution >= 0.6 is 0 Å². The van der Waals surface area contributed by atoms with Gasteiger partial charge < -0.3 is 10.4 Å². The molecule has 1 atom stereocenters. The van der Waals surface area contributed by atoms with E-state index >= 15 is 0 Å². The molecule has 0 aromatic carbocycles. The summed E-state index contributed by atoms with van der Waals surface area (Å²) in [7, 11) is 0. The zero-order valence-corrected chi connectivity index (χ0v) is 7.67. The van der Waals surface area contributed by atoms with Gasteiger partial charge in [0.1, 0.15) is 6.04 Å². The van der Waals surface area contributed by atoms with Crippen molar-refractivity contribution in [2.75, 3.05) is 0 Å². The molecule has 1 amide bonds. The molecule has 0 aliphatic heterocycles. The van der Waals surface area contributed by atoms with Crippen LogP contribution in [0.1, 0.15) is 23.5 Å². The van der Waals surface area contributed by atoms with Crippen LogP contribution in [-0.4, -0.2) is 43.6 Å². The average molecular weight is 211 g/mol. The number of tetrazole rings is 1. The van der Waals surface area contributed by atoms with Crippen molar-refractivity contribution in [1.82, 2.24) is 25.9 Å². The highest BCUT2D eigenvalue weighted by Gasteiger charge is 2.37. The summed E-state index contributed by atoms with van der Waals surface area (Å²) in [6.07, 6.45) is 1.65. The lowest BCUT2D eigenvalue weighted by Gasteiger charge is -2.11. The molecule has 8 heteroatoms. The number of amides is 1. The lowest BCUT2D eigenvalue weighted by atomic mass is 10.2. The number of aromatic nitrogens is 4. The van der Waals surface area contributed by atoms with Gasteiger partial charge in [0, 0.05) is 0 Å². The van der Waals surface area contributed by atoms with Gasteiger partial charge in [-0.3, -0.25) is 4.79 Å². The number of aliphatic carboxylic acids is 1. The molecule has 80 valence electrons. The second-order valence-corrected chi connectivity index (χ2v) is 3.36. The molecule has 0 spiro atoms. The molecule has 1 unspecified atom stereocenters. The van der Waals surface area contributed by atoms with Crippen LogP contribution in [-0.2, 0) is 4.79 Å². The molecule has 1 aromatic heterocycles. The second-order valence-electron chi connectivity index (χ2n) is 3.36. The maximum Gasteiger partial charge on any atom is 0.326 e. The molecule has 2 rings (SSSR count). The fourth-order valence-corrected chi connectivity index (χ4v) is 1.27. The van der Waals surface area contributed by atoms with E-state index in [0.717, 1.165) is 12.8 Å². The van der Waals surface area contributed by atoms with Crippen LogP contribution in [0.15, 0.2) is 0 Å². The van der Waals surface area contributed by atoms with Gasteiger partial charge in [-0.05, 0) is 24.0 Å². The lowest BCUT2D eigenvalue weighted by molar-refractivity contribution is -0.139. The molecule has 3 N–H and O–H groups in total. The van der Waals surface area contributed by atoms with Gasteiger partial charge >= 0.3 is 5.97 Å². The largest absolute Gasteiger partial charge is 0.480 e. The van der Waals surface area contributed by atoms with Crippen molar-refractivity contribution < 1.29 is 14.7 Å². The number of carboxylic acid groups (broad SMARTS) is 1. The van der Waals surface area contributed by atoms with Crippen LogP contribution in [0.3, 0.4) is 0 Å². The monoisotopic (exact) mass is 211 g/mol. The van der Waals surface area contributed by atoms with E-state index in [1.165, 1.54) is 0 Å². The summed E-state index contributed by atoms with van der Waals surface area (Å²) in [6, 6.07) is -0.851. The summed E-state index contributed by atoms with van der Waals surface area (Å²) in [5.41, 5.74) is 0. The minimum Gasteiger partial charge on any atom is -0.480 e. The second kappa shape index (κ2) is 3.64.